The van der Waals surface area contributed by atoms with Gasteiger partial charge in [0.1, 0.15) is 12.4 Å². The van der Waals surface area contributed by atoms with Crippen molar-refractivity contribution >= 4 is 34.7 Å². The largest absolute Gasteiger partial charge is 0.490 e. The first-order valence-corrected chi connectivity index (χ1v) is 8.40. The van der Waals surface area contributed by atoms with Crippen molar-refractivity contribution in [3.63, 3.8) is 0 Å². The molecule has 0 atom stereocenters. The van der Waals surface area contributed by atoms with Gasteiger partial charge in [-0.2, -0.15) is 0 Å². The number of amides is 1. The van der Waals surface area contributed by atoms with Gasteiger partial charge < -0.3 is 15.0 Å². The van der Waals surface area contributed by atoms with E-state index in [-0.39, 0.29) is 18.2 Å². The molecule has 1 heterocycles. The van der Waals surface area contributed by atoms with Crippen LogP contribution in [-0.4, -0.2) is 31.4 Å². The maximum Gasteiger partial charge on any atom is 0.243 e. The number of aryl methyl sites for hydroxylation is 1. The molecule has 1 aliphatic heterocycles. The molecule has 3 rings (SSSR count). The van der Waals surface area contributed by atoms with Gasteiger partial charge in [0.15, 0.2) is 5.78 Å². The third-order valence-electron chi connectivity index (χ3n) is 4.12. The molecule has 5 nitrogen and oxygen atoms in total. The molecule has 6 heteroatoms. The first-order chi connectivity index (χ1) is 11.9. The van der Waals surface area contributed by atoms with E-state index in [0.29, 0.717) is 29.5 Å². The number of benzene rings is 2. The first kappa shape index (κ1) is 17.3. The van der Waals surface area contributed by atoms with Gasteiger partial charge in [0.25, 0.3) is 0 Å². The van der Waals surface area contributed by atoms with Gasteiger partial charge in [0, 0.05) is 16.3 Å². The zero-order chi connectivity index (χ0) is 18.0. The van der Waals surface area contributed by atoms with Gasteiger partial charge in [-0.15, -0.1) is 0 Å². The zero-order valence-electron chi connectivity index (χ0n) is 14.1. The minimum Gasteiger partial charge on any atom is -0.490 e. The summed E-state index contributed by atoms with van der Waals surface area (Å²) in [6, 6.07) is 10.6. The van der Waals surface area contributed by atoms with Crippen LogP contribution in [0, 0.1) is 6.92 Å². The van der Waals surface area contributed by atoms with Crippen LogP contribution in [0.2, 0.25) is 5.02 Å². The second-order valence-electron chi connectivity index (χ2n) is 6.02. The number of fused-ring (bicyclic) bond motifs is 1. The van der Waals surface area contributed by atoms with Crippen molar-refractivity contribution in [1.82, 2.24) is 0 Å². The number of rotatable bonds is 4. The van der Waals surface area contributed by atoms with E-state index in [1.807, 2.05) is 11.8 Å². The standard InChI is InChI=1S/C19H19ClN2O3/c1-12-9-15(20)4-5-16(12)21-19(24)11-22-7-8-25-18-6-3-14(13(2)23)10-17(18)22/h3-6,9-10H,7-8,11H2,1-2H3,(H,21,24). The van der Waals surface area contributed by atoms with Crippen molar-refractivity contribution in [2.24, 2.45) is 0 Å². The average Bonchev–Trinajstić information content (AvgIpc) is 2.57. The first-order valence-electron chi connectivity index (χ1n) is 8.03. The molecule has 1 amide bonds. The number of anilines is 2. The fourth-order valence-electron chi connectivity index (χ4n) is 2.79. The summed E-state index contributed by atoms with van der Waals surface area (Å²) in [5.41, 5.74) is 3.01. The van der Waals surface area contributed by atoms with E-state index in [1.54, 1.807) is 36.4 Å². The van der Waals surface area contributed by atoms with Crippen LogP contribution in [0.5, 0.6) is 5.75 Å². The summed E-state index contributed by atoms with van der Waals surface area (Å²) in [4.78, 5) is 26.0. The molecule has 0 aliphatic carbocycles. The van der Waals surface area contributed by atoms with Gasteiger partial charge in [-0.3, -0.25) is 9.59 Å². The number of hydrogen-bond acceptors (Lipinski definition) is 4. The molecule has 0 radical (unpaired) electrons. The highest BCUT2D eigenvalue weighted by Gasteiger charge is 2.21. The number of nitrogens with one attached hydrogen (secondary N) is 1. The van der Waals surface area contributed by atoms with Crippen molar-refractivity contribution in [3.8, 4) is 5.75 Å². The van der Waals surface area contributed by atoms with Crippen molar-refractivity contribution in [1.29, 1.82) is 0 Å². The number of Topliss-reactive ketones (excluding diaryl/α,β-unsaturated/α-hetero) is 1. The highest BCUT2D eigenvalue weighted by atomic mass is 35.5. The molecule has 2 aromatic carbocycles. The van der Waals surface area contributed by atoms with E-state index in [9.17, 15) is 9.59 Å². The second kappa shape index (κ2) is 7.15. The smallest absolute Gasteiger partial charge is 0.243 e. The molecular weight excluding hydrogens is 340 g/mol. The van der Waals surface area contributed by atoms with Crippen LogP contribution in [-0.2, 0) is 4.79 Å². The molecule has 0 fully saturated rings. The monoisotopic (exact) mass is 358 g/mol. The topological polar surface area (TPSA) is 58.6 Å². The van der Waals surface area contributed by atoms with Gasteiger partial charge in [0.2, 0.25) is 5.91 Å². The highest BCUT2D eigenvalue weighted by Crippen LogP contribution is 2.32. The highest BCUT2D eigenvalue weighted by molar-refractivity contribution is 6.30. The summed E-state index contributed by atoms with van der Waals surface area (Å²) in [6.07, 6.45) is 0. The predicted molar refractivity (Wildman–Crippen MR) is 99.0 cm³/mol. The number of ketones is 1. The third-order valence-corrected chi connectivity index (χ3v) is 4.36. The molecule has 0 spiro atoms. The van der Waals surface area contributed by atoms with Crippen LogP contribution in [0.4, 0.5) is 11.4 Å². The summed E-state index contributed by atoms with van der Waals surface area (Å²) in [7, 11) is 0. The van der Waals surface area contributed by atoms with Crippen LogP contribution >= 0.6 is 11.6 Å². The molecule has 2 aromatic rings. The van der Waals surface area contributed by atoms with Crippen molar-refractivity contribution in [2.75, 3.05) is 29.9 Å². The van der Waals surface area contributed by atoms with Gasteiger partial charge >= 0.3 is 0 Å². The minimum absolute atomic E-state index is 0.0189. The van der Waals surface area contributed by atoms with E-state index >= 15 is 0 Å². The molecule has 0 saturated heterocycles. The summed E-state index contributed by atoms with van der Waals surface area (Å²) in [5.74, 6) is 0.535. The number of halogens is 1. The molecule has 0 unspecified atom stereocenters. The van der Waals surface area contributed by atoms with E-state index in [0.717, 1.165) is 16.9 Å². The van der Waals surface area contributed by atoms with Crippen LogP contribution in [0.1, 0.15) is 22.8 Å². The lowest BCUT2D eigenvalue weighted by Crippen LogP contribution is -2.39. The molecule has 1 N–H and O–H groups in total. The number of carbonyl (C=O) groups is 2. The number of ether oxygens (including phenoxy) is 1. The normalized spacial score (nSPS) is 13.0. The fourth-order valence-corrected chi connectivity index (χ4v) is 3.01. The lowest BCUT2D eigenvalue weighted by molar-refractivity contribution is -0.115. The average molecular weight is 359 g/mol. The summed E-state index contributed by atoms with van der Waals surface area (Å²) in [6.45, 7) is 4.68. The van der Waals surface area contributed by atoms with Gasteiger partial charge in [-0.25, -0.2) is 0 Å². The summed E-state index contributed by atoms with van der Waals surface area (Å²) < 4.78 is 5.62. The molecule has 0 bridgehead atoms. The lowest BCUT2D eigenvalue weighted by Gasteiger charge is -2.31. The van der Waals surface area contributed by atoms with Gasteiger partial charge in [-0.05, 0) is 55.8 Å². The summed E-state index contributed by atoms with van der Waals surface area (Å²) in [5, 5.41) is 3.54. The number of nitrogens with zero attached hydrogens (tertiary/aromatic N) is 1. The second-order valence-corrected chi connectivity index (χ2v) is 6.45. The Morgan fingerprint density at radius 1 is 1.24 bits per heavy atom. The van der Waals surface area contributed by atoms with Gasteiger partial charge in [0.05, 0.1) is 18.8 Å². The Labute approximate surface area is 151 Å². The lowest BCUT2D eigenvalue weighted by atomic mass is 10.1. The molecule has 1 aliphatic rings. The summed E-state index contributed by atoms with van der Waals surface area (Å²) >= 11 is 5.94. The SMILES string of the molecule is CC(=O)c1ccc2c(c1)N(CC(=O)Nc1ccc(Cl)cc1C)CCO2. The Kier molecular flexibility index (Phi) is 4.95. The Balaban J connectivity index is 1.76. The van der Waals surface area contributed by atoms with Crippen LogP contribution in [0.25, 0.3) is 0 Å². The third kappa shape index (κ3) is 3.94. The molecule has 130 valence electrons. The maximum absolute atomic E-state index is 12.5. The zero-order valence-corrected chi connectivity index (χ0v) is 14.9. The molecule has 0 saturated carbocycles. The van der Waals surface area contributed by atoms with Crippen molar-refractivity contribution in [2.45, 2.75) is 13.8 Å². The molecular formula is C19H19ClN2O3. The van der Waals surface area contributed by atoms with E-state index in [4.69, 9.17) is 16.3 Å². The quantitative estimate of drug-likeness (QED) is 0.847. The fraction of sp³-hybridized carbons (Fsp3) is 0.263. The number of hydrogen-bond donors (Lipinski definition) is 1. The number of carbonyl (C=O) groups excluding carboxylic acids is 2. The van der Waals surface area contributed by atoms with Crippen LogP contribution in [0.3, 0.4) is 0 Å². The predicted octanol–water partition coefficient (Wildman–Crippen LogP) is 3.69. The Morgan fingerprint density at radius 2 is 2.04 bits per heavy atom. The molecule has 25 heavy (non-hydrogen) atoms. The van der Waals surface area contributed by atoms with E-state index in [1.165, 1.54) is 6.92 Å². The van der Waals surface area contributed by atoms with Crippen LogP contribution < -0.4 is 15.0 Å². The van der Waals surface area contributed by atoms with E-state index < -0.39 is 0 Å². The van der Waals surface area contributed by atoms with Gasteiger partial charge in [-0.1, -0.05) is 11.6 Å². The minimum atomic E-state index is -0.133. The Bertz CT molecular complexity index is 835. The van der Waals surface area contributed by atoms with Crippen molar-refractivity contribution < 1.29 is 14.3 Å². The Hall–Kier alpha value is -2.53. The molecule has 0 aromatic heterocycles. The van der Waals surface area contributed by atoms with Crippen molar-refractivity contribution in [3.05, 3.63) is 52.5 Å². The van der Waals surface area contributed by atoms with E-state index in [2.05, 4.69) is 5.32 Å². The van der Waals surface area contributed by atoms with Crippen LogP contribution in [0.15, 0.2) is 36.4 Å². The Morgan fingerprint density at radius 3 is 2.76 bits per heavy atom. The maximum atomic E-state index is 12.5.